The molecule has 0 aliphatic carbocycles. The van der Waals surface area contributed by atoms with E-state index < -0.39 is 12.1 Å². The summed E-state index contributed by atoms with van der Waals surface area (Å²) in [6.07, 6.45) is 2.04. The van der Waals surface area contributed by atoms with Crippen molar-refractivity contribution in [2.24, 2.45) is 5.73 Å². The highest BCUT2D eigenvalue weighted by Crippen LogP contribution is 2.07. The normalized spacial score (nSPS) is 23.2. The number of carbonyl (C=O) groups is 2. The molecule has 2 amide bonds. The third kappa shape index (κ3) is 2.56. The van der Waals surface area contributed by atoms with Crippen LogP contribution in [0.15, 0.2) is 12.7 Å². The molecular weight excluding hydrogens is 194 g/mol. The van der Waals surface area contributed by atoms with Crippen LogP contribution in [0.5, 0.6) is 0 Å². The number of nitrogens with two attached hydrogens (primary N) is 1. The molecule has 1 saturated heterocycles. The van der Waals surface area contributed by atoms with Crippen LogP contribution < -0.4 is 11.1 Å². The number of carbonyl (C=O) groups excluding carboxylic acids is 2. The minimum absolute atomic E-state index is 0.125. The Balaban J connectivity index is 2.65. The predicted molar refractivity (Wildman–Crippen MR) is 57.0 cm³/mol. The molecule has 15 heavy (non-hydrogen) atoms. The standard InChI is InChI=1S/C10H17N3O2/c1-3-4-8(11)10(15)13-6-5-12-9(14)7(13)2/h3,7-8H,1,4-6,11H2,2H3,(H,12,14). The maximum absolute atomic E-state index is 11.8. The highest BCUT2D eigenvalue weighted by Gasteiger charge is 2.31. The number of piperazine rings is 1. The molecule has 5 heteroatoms. The van der Waals surface area contributed by atoms with Crippen LogP contribution in [-0.4, -0.2) is 41.9 Å². The average Bonchev–Trinajstić information content (AvgIpc) is 2.21. The lowest BCUT2D eigenvalue weighted by Gasteiger charge is -2.34. The van der Waals surface area contributed by atoms with Gasteiger partial charge in [0.05, 0.1) is 6.04 Å². The fraction of sp³-hybridized carbons (Fsp3) is 0.600. The second kappa shape index (κ2) is 4.93. The summed E-state index contributed by atoms with van der Waals surface area (Å²) in [4.78, 5) is 24.7. The Morgan fingerprint density at radius 1 is 1.87 bits per heavy atom. The van der Waals surface area contributed by atoms with E-state index in [4.69, 9.17) is 5.73 Å². The van der Waals surface area contributed by atoms with Crippen molar-refractivity contribution in [3.05, 3.63) is 12.7 Å². The summed E-state index contributed by atoms with van der Waals surface area (Å²) in [7, 11) is 0. The Bertz CT molecular complexity index is 278. The van der Waals surface area contributed by atoms with E-state index in [0.29, 0.717) is 19.5 Å². The average molecular weight is 211 g/mol. The summed E-state index contributed by atoms with van der Waals surface area (Å²) >= 11 is 0. The summed E-state index contributed by atoms with van der Waals surface area (Å²) < 4.78 is 0. The van der Waals surface area contributed by atoms with Gasteiger partial charge in [0.25, 0.3) is 0 Å². The highest BCUT2D eigenvalue weighted by molar-refractivity contribution is 5.90. The molecule has 0 radical (unpaired) electrons. The van der Waals surface area contributed by atoms with Crippen molar-refractivity contribution in [2.45, 2.75) is 25.4 Å². The van der Waals surface area contributed by atoms with Crippen molar-refractivity contribution in [2.75, 3.05) is 13.1 Å². The molecular formula is C10H17N3O2. The van der Waals surface area contributed by atoms with Crippen LogP contribution in [0.3, 0.4) is 0 Å². The fourth-order valence-corrected chi connectivity index (χ4v) is 1.58. The molecule has 5 nitrogen and oxygen atoms in total. The molecule has 1 heterocycles. The maximum atomic E-state index is 11.8. The third-order valence-corrected chi connectivity index (χ3v) is 2.52. The van der Waals surface area contributed by atoms with Gasteiger partial charge in [0.2, 0.25) is 11.8 Å². The lowest BCUT2D eigenvalue weighted by atomic mass is 10.1. The van der Waals surface area contributed by atoms with Gasteiger partial charge in [-0.1, -0.05) is 6.08 Å². The molecule has 0 saturated carbocycles. The Kier molecular flexibility index (Phi) is 3.85. The minimum atomic E-state index is -0.587. The smallest absolute Gasteiger partial charge is 0.242 e. The second-order valence-corrected chi connectivity index (χ2v) is 3.63. The Morgan fingerprint density at radius 2 is 2.53 bits per heavy atom. The second-order valence-electron chi connectivity index (χ2n) is 3.63. The first-order valence-electron chi connectivity index (χ1n) is 5.02. The predicted octanol–water partition coefficient (Wildman–Crippen LogP) is -0.763. The summed E-state index contributed by atoms with van der Waals surface area (Å²) in [6, 6.07) is -1.02. The van der Waals surface area contributed by atoms with Gasteiger partial charge in [0.1, 0.15) is 6.04 Å². The van der Waals surface area contributed by atoms with Crippen molar-refractivity contribution >= 4 is 11.8 Å². The molecule has 0 aromatic heterocycles. The number of hydrogen-bond acceptors (Lipinski definition) is 3. The van der Waals surface area contributed by atoms with Crippen LogP contribution in [0.1, 0.15) is 13.3 Å². The third-order valence-electron chi connectivity index (χ3n) is 2.52. The Labute approximate surface area is 89.3 Å². The molecule has 1 aliphatic heterocycles. The lowest BCUT2D eigenvalue weighted by molar-refractivity contribution is -0.143. The van der Waals surface area contributed by atoms with E-state index in [1.165, 1.54) is 4.90 Å². The van der Waals surface area contributed by atoms with E-state index in [1.54, 1.807) is 13.0 Å². The van der Waals surface area contributed by atoms with Crippen LogP contribution >= 0.6 is 0 Å². The monoisotopic (exact) mass is 211 g/mol. The van der Waals surface area contributed by atoms with Gasteiger partial charge in [-0.05, 0) is 13.3 Å². The molecule has 3 N–H and O–H groups in total. The number of hydrogen-bond donors (Lipinski definition) is 2. The van der Waals surface area contributed by atoms with Gasteiger partial charge in [-0.25, -0.2) is 0 Å². The quantitative estimate of drug-likeness (QED) is 0.602. The van der Waals surface area contributed by atoms with Crippen LogP contribution in [0.2, 0.25) is 0 Å². The van der Waals surface area contributed by atoms with E-state index in [-0.39, 0.29) is 11.8 Å². The van der Waals surface area contributed by atoms with E-state index in [2.05, 4.69) is 11.9 Å². The molecule has 0 spiro atoms. The van der Waals surface area contributed by atoms with Crippen molar-refractivity contribution in [1.29, 1.82) is 0 Å². The molecule has 1 rings (SSSR count). The number of amides is 2. The first kappa shape index (κ1) is 11.7. The zero-order valence-electron chi connectivity index (χ0n) is 8.90. The van der Waals surface area contributed by atoms with Crippen molar-refractivity contribution in [3.63, 3.8) is 0 Å². The molecule has 0 aromatic carbocycles. The summed E-state index contributed by atoms with van der Waals surface area (Å²) in [5, 5.41) is 2.69. The van der Waals surface area contributed by atoms with Gasteiger partial charge in [0.15, 0.2) is 0 Å². The summed E-state index contributed by atoms with van der Waals surface area (Å²) in [5.74, 6) is -0.308. The zero-order valence-corrected chi connectivity index (χ0v) is 8.90. The van der Waals surface area contributed by atoms with Crippen molar-refractivity contribution in [1.82, 2.24) is 10.2 Å². The van der Waals surface area contributed by atoms with E-state index in [1.807, 2.05) is 0 Å². The number of rotatable bonds is 3. The van der Waals surface area contributed by atoms with Crippen molar-refractivity contribution < 1.29 is 9.59 Å². The van der Waals surface area contributed by atoms with Gasteiger partial charge < -0.3 is 16.0 Å². The zero-order chi connectivity index (χ0) is 11.4. The molecule has 1 fully saturated rings. The van der Waals surface area contributed by atoms with Crippen LogP contribution in [-0.2, 0) is 9.59 Å². The van der Waals surface area contributed by atoms with Gasteiger partial charge in [0, 0.05) is 13.1 Å². The SMILES string of the molecule is C=CCC(N)C(=O)N1CCNC(=O)C1C. The van der Waals surface area contributed by atoms with Crippen molar-refractivity contribution in [3.8, 4) is 0 Å². The number of nitrogens with zero attached hydrogens (tertiary/aromatic N) is 1. The largest absolute Gasteiger partial charge is 0.353 e. The summed E-state index contributed by atoms with van der Waals surface area (Å²) in [5.41, 5.74) is 5.67. The molecule has 2 unspecified atom stereocenters. The molecule has 0 bridgehead atoms. The first-order valence-corrected chi connectivity index (χ1v) is 5.02. The molecule has 2 atom stereocenters. The summed E-state index contributed by atoms with van der Waals surface area (Å²) in [6.45, 7) is 6.25. The molecule has 0 aromatic rings. The molecule has 1 aliphatic rings. The van der Waals surface area contributed by atoms with E-state index >= 15 is 0 Å². The van der Waals surface area contributed by atoms with Crippen LogP contribution in [0.25, 0.3) is 0 Å². The lowest BCUT2D eigenvalue weighted by Crippen LogP contribution is -2.59. The first-order chi connectivity index (χ1) is 7.07. The molecule has 84 valence electrons. The topological polar surface area (TPSA) is 75.4 Å². The van der Waals surface area contributed by atoms with Gasteiger partial charge in [-0.15, -0.1) is 6.58 Å². The van der Waals surface area contributed by atoms with Crippen LogP contribution in [0.4, 0.5) is 0 Å². The Morgan fingerprint density at radius 3 is 3.13 bits per heavy atom. The van der Waals surface area contributed by atoms with Crippen LogP contribution in [0, 0.1) is 0 Å². The maximum Gasteiger partial charge on any atom is 0.242 e. The Hall–Kier alpha value is -1.36. The fourth-order valence-electron chi connectivity index (χ4n) is 1.58. The minimum Gasteiger partial charge on any atom is -0.353 e. The van der Waals surface area contributed by atoms with Gasteiger partial charge >= 0.3 is 0 Å². The van der Waals surface area contributed by atoms with E-state index in [9.17, 15) is 9.59 Å². The number of nitrogens with one attached hydrogen (secondary N) is 1. The van der Waals surface area contributed by atoms with Gasteiger partial charge in [-0.3, -0.25) is 9.59 Å². The highest BCUT2D eigenvalue weighted by atomic mass is 16.2. The van der Waals surface area contributed by atoms with E-state index in [0.717, 1.165) is 0 Å². The van der Waals surface area contributed by atoms with Gasteiger partial charge in [-0.2, -0.15) is 0 Å².